The van der Waals surface area contributed by atoms with Gasteiger partial charge in [-0.2, -0.15) is 0 Å². The van der Waals surface area contributed by atoms with E-state index in [0.717, 1.165) is 5.56 Å². The van der Waals surface area contributed by atoms with E-state index in [0.29, 0.717) is 32.9 Å². The first kappa shape index (κ1) is 17.9. The molecule has 0 fully saturated rings. The molecule has 138 valence electrons. The van der Waals surface area contributed by atoms with Gasteiger partial charge in [0.25, 0.3) is 11.5 Å². The Morgan fingerprint density at radius 2 is 1.79 bits per heavy atom. The van der Waals surface area contributed by atoms with Crippen molar-refractivity contribution in [3.8, 4) is 11.3 Å². The molecule has 0 radical (unpaired) electrons. The number of aromatic amines is 1. The van der Waals surface area contributed by atoms with Crippen molar-refractivity contribution in [2.24, 2.45) is 0 Å². The number of benzene rings is 3. The third kappa shape index (κ3) is 3.40. The molecular formula is C22H16ClN3O2. The van der Waals surface area contributed by atoms with Gasteiger partial charge in [-0.3, -0.25) is 9.59 Å². The average molecular weight is 390 g/mol. The summed E-state index contributed by atoms with van der Waals surface area (Å²) in [6, 6.07) is 19.5. The minimum atomic E-state index is -0.354. The number of anilines is 1. The number of H-pyrrole nitrogens is 1. The van der Waals surface area contributed by atoms with Crippen LogP contribution in [0.1, 0.15) is 15.9 Å². The van der Waals surface area contributed by atoms with Crippen LogP contribution in [0.3, 0.4) is 0 Å². The van der Waals surface area contributed by atoms with Crippen molar-refractivity contribution in [1.29, 1.82) is 0 Å². The summed E-state index contributed by atoms with van der Waals surface area (Å²) in [7, 11) is 0. The quantitative estimate of drug-likeness (QED) is 0.528. The molecule has 4 aromatic rings. The largest absolute Gasteiger partial charge is 0.321 e. The molecule has 28 heavy (non-hydrogen) atoms. The number of carbonyl (C=O) groups is 1. The minimum Gasteiger partial charge on any atom is -0.321 e. The fraction of sp³-hybridized carbons (Fsp3) is 0.0455. The highest BCUT2D eigenvalue weighted by Crippen LogP contribution is 2.29. The zero-order valence-electron chi connectivity index (χ0n) is 15.0. The second-order valence-corrected chi connectivity index (χ2v) is 6.83. The molecule has 5 nitrogen and oxygen atoms in total. The number of nitrogens with one attached hydrogen (secondary N) is 2. The summed E-state index contributed by atoms with van der Waals surface area (Å²) in [4.78, 5) is 32.7. The first-order valence-electron chi connectivity index (χ1n) is 8.69. The number of amides is 1. The zero-order chi connectivity index (χ0) is 19.7. The molecule has 1 aromatic heterocycles. The Hall–Kier alpha value is -3.44. The van der Waals surface area contributed by atoms with Crippen LogP contribution >= 0.6 is 11.6 Å². The fourth-order valence-electron chi connectivity index (χ4n) is 3.05. The van der Waals surface area contributed by atoms with E-state index in [1.165, 1.54) is 0 Å². The molecule has 3 aromatic carbocycles. The summed E-state index contributed by atoms with van der Waals surface area (Å²) < 4.78 is 0. The molecule has 0 aliphatic carbocycles. The Morgan fingerprint density at radius 3 is 2.61 bits per heavy atom. The van der Waals surface area contributed by atoms with E-state index in [2.05, 4.69) is 15.3 Å². The van der Waals surface area contributed by atoms with E-state index in [1.807, 2.05) is 37.3 Å². The van der Waals surface area contributed by atoms with Crippen LogP contribution in [0, 0.1) is 6.92 Å². The summed E-state index contributed by atoms with van der Waals surface area (Å²) in [6.07, 6.45) is 0. The van der Waals surface area contributed by atoms with E-state index in [9.17, 15) is 9.59 Å². The van der Waals surface area contributed by atoms with Gasteiger partial charge in [-0.1, -0.05) is 41.9 Å². The maximum atomic E-state index is 12.8. The molecule has 6 heteroatoms. The Morgan fingerprint density at radius 1 is 1.04 bits per heavy atom. The van der Waals surface area contributed by atoms with E-state index in [4.69, 9.17) is 11.6 Å². The highest BCUT2D eigenvalue weighted by atomic mass is 35.5. The molecule has 0 bridgehead atoms. The monoisotopic (exact) mass is 389 g/mol. The van der Waals surface area contributed by atoms with Gasteiger partial charge in [-0.25, -0.2) is 4.98 Å². The van der Waals surface area contributed by atoms with Crippen LogP contribution in [0.25, 0.3) is 22.3 Å². The van der Waals surface area contributed by atoms with Crippen molar-refractivity contribution in [3.05, 3.63) is 93.2 Å². The number of hydrogen-bond donors (Lipinski definition) is 2. The van der Waals surface area contributed by atoms with Gasteiger partial charge in [-0.05, 0) is 48.9 Å². The van der Waals surface area contributed by atoms with Crippen LogP contribution in [0.15, 0.2) is 71.5 Å². The molecule has 0 spiro atoms. The highest BCUT2D eigenvalue weighted by molar-refractivity contribution is 6.31. The highest BCUT2D eigenvalue weighted by Gasteiger charge is 2.16. The lowest BCUT2D eigenvalue weighted by atomic mass is 10.1. The Balaban J connectivity index is 1.82. The topological polar surface area (TPSA) is 74.8 Å². The average Bonchev–Trinajstić information content (AvgIpc) is 2.69. The van der Waals surface area contributed by atoms with Crippen molar-refractivity contribution in [2.45, 2.75) is 6.92 Å². The fourth-order valence-corrected chi connectivity index (χ4v) is 3.22. The number of aryl methyl sites for hydroxylation is 1. The summed E-state index contributed by atoms with van der Waals surface area (Å²) in [5.41, 5.74) is 3.47. The number of aromatic nitrogens is 2. The molecule has 0 aliphatic heterocycles. The van der Waals surface area contributed by atoms with Gasteiger partial charge >= 0.3 is 0 Å². The van der Waals surface area contributed by atoms with Crippen molar-refractivity contribution in [3.63, 3.8) is 0 Å². The van der Waals surface area contributed by atoms with Gasteiger partial charge in [0.1, 0.15) is 5.69 Å². The normalized spacial score (nSPS) is 10.8. The SMILES string of the molecule is Cc1ccccc1C(=O)Nc1ccc(Cl)cc1-c1nc2ccccc2[nH]c1=O. The molecule has 0 atom stereocenters. The molecular weight excluding hydrogens is 374 g/mol. The Labute approximate surface area is 166 Å². The smallest absolute Gasteiger partial charge is 0.275 e. The van der Waals surface area contributed by atoms with Crippen molar-refractivity contribution in [1.82, 2.24) is 9.97 Å². The number of carbonyl (C=O) groups excluding carboxylic acids is 1. The van der Waals surface area contributed by atoms with Gasteiger partial charge < -0.3 is 10.3 Å². The molecule has 0 aliphatic rings. The van der Waals surface area contributed by atoms with Gasteiger partial charge in [0.05, 0.1) is 16.7 Å². The number of nitrogens with zero attached hydrogens (tertiary/aromatic N) is 1. The van der Waals surface area contributed by atoms with Gasteiger partial charge in [-0.15, -0.1) is 0 Å². The van der Waals surface area contributed by atoms with Crippen LogP contribution in [0.4, 0.5) is 5.69 Å². The zero-order valence-corrected chi connectivity index (χ0v) is 15.7. The first-order chi connectivity index (χ1) is 13.5. The van der Waals surface area contributed by atoms with E-state index < -0.39 is 0 Å². The van der Waals surface area contributed by atoms with Gasteiger partial charge in [0.15, 0.2) is 0 Å². The molecule has 1 amide bonds. The molecule has 4 rings (SSSR count). The molecule has 0 saturated carbocycles. The summed E-state index contributed by atoms with van der Waals surface area (Å²) >= 11 is 6.16. The third-order valence-corrected chi connectivity index (χ3v) is 4.71. The van der Waals surface area contributed by atoms with Crippen LogP contribution in [-0.2, 0) is 0 Å². The second-order valence-electron chi connectivity index (χ2n) is 6.39. The summed E-state index contributed by atoms with van der Waals surface area (Å²) in [6.45, 7) is 1.87. The minimum absolute atomic E-state index is 0.196. The Kier molecular flexibility index (Phi) is 4.67. The van der Waals surface area contributed by atoms with Crippen molar-refractivity contribution in [2.75, 3.05) is 5.32 Å². The number of rotatable bonds is 3. The number of halogens is 1. The van der Waals surface area contributed by atoms with Crippen LogP contribution < -0.4 is 10.9 Å². The van der Waals surface area contributed by atoms with E-state index >= 15 is 0 Å². The number of fused-ring (bicyclic) bond motifs is 1. The molecule has 0 saturated heterocycles. The molecule has 1 heterocycles. The van der Waals surface area contributed by atoms with Gasteiger partial charge in [0.2, 0.25) is 0 Å². The van der Waals surface area contributed by atoms with E-state index in [1.54, 1.807) is 36.4 Å². The summed E-state index contributed by atoms with van der Waals surface area (Å²) in [5, 5.41) is 3.32. The number of hydrogen-bond acceptors (Lipinski definition) is 3. The lowest BCUT2D eigenvalue weighted by Crippen LogP contribution is -2.16. The van der Waals surface area contributed by atoms with Crippen molar-refractivity contribution < 1.29 is 4.79 Å². The number of para-hydroxylation sites is 2. The first-order valence-corrected chi connectivity index (χ1v) is 9.07. The Bertz CT molecular complexity index is 1260. The van der Waals surface area contributed by atoms with Gasteiger partial charge in [0, 0.05) is 16.1 Å². The van der Waals surface area contributed by atoms with Crippen LogP contribution in [0.5, 0.6) is 0 Å². The predicted molar refractivity (Wildman–Crippen MR) is 112 cm³/mol. The summed E-state index contributed by atoms with van der Waals surface area (Å²) in [5.74, 6) is -0.265. The predicted octanol–water partition coefficient (Wildman–Crippen LogP) is 4.80. The maximum Gasteiger partial charge on any atom is 0.275 e. The molecule has 2 N–H and O–H groups in total. The lowest BCUT2D eigenvalue weighted by Gasteiger charge is -2.12. The van der Waals surface area contributed by atoms with E-state index in [-0.39, 0.29) is 17.2 Å². The third-order valence-electron chi connectivity index (χ3n) is 4.47. The second kappa shape index (κ2) is 7.29. The maximum absolute atomic E-state index is 12.8. The van der Waals surface area contributed by atoms with Crippen LogP contribution in [-0.4, -0.2) is 15.9 Å². The standard InChI is InChI=1S/C22H16ClN3O2/c1-13-6-2-3-7-15(13)21(27)25-17-11-10-14(23)12-16(17)20-22(28)26-19-9-5-4-8-18(19)24-20/h2-12H,1H3,(H,25,27)(H,26,28). The van der Waals surface area contributed by atoms with Crippen molar-refractivity contribution >= 4 is 34.2 Å². The lowest BCUT2D eigenvalue weighted by molar-refractivity contribution is 0.102. The molecule has 0 unspecified atom stereocenters. The van der Waals surface area contributed by atoms with Crippen LogP contribution in [0.2, 0.25) is 5.02 Å².